The Morgan fingerprint density at radius 3 is 2.27 bits per heavy atom. The normalized spacial score (nSPS) is 20.2. The fourth-order valence-electron chi connectivity index (χ4n) is 5.01. The lowest BCUT2D eigenvalue weighted by molar-refractivity contribution is -0.163. The van der Waals surface area contributed by atoms with Gasteiger partial charge in [-0.15, -0.1) is 0 Å². The highest BCUT2D eigenvalue weighted by Gasteiger charge is 2.53. The van der Waals surface area contributed by atoms with Crippen molar-refractivity contribution in [2.75, 3.05) is 20.2 Å². The number of ether oxygens (including phenoxy) is 3. The minimum absolute atomic E-state index is 0.0403. The number of hydrogen-bond donors (Lipinski definition) is 3. The third kappa shape index (κ3) is 7.00. The smallest absolute Gasteiger partial charge is 0.408 e. The molecule has 1 atom stereocenters. The van der Waals surface area contributed by atoms with E-state index in [4.69, 9.17) is 42.4 Å². The zero-order valence-electron chi connectivity index (χ0n) is 25.6. The summed E-state index contributed by atoms with van der Waals surface area (Å²) in [6, 6.07) is 12.0. The minimum atomic E-state index is -2.03. The van der Waals surface area contributed by atoms with Crippen LogP contribution in [0.2, 0.25) is 10.0 Å². The Morgan fingerprint density at radius 1 is 1.07 bits per heavy atom. The average Bonchev–Trinajstić information content (AvgIpc) is 2.95. The summed E-state index contributed by atoms with van der Waals surface area (Å²) >= 11 is 12.9. The lowest BCUT2D eigenvalue weighted by atomic mass is 9.87. The highest BCUT2D eigenvalue weighted by molar-refractivity contribution is 6.43. The van der Waals surface area contributed by atoms with Crippen molar-refractivity contribution in [1.82, 2.24) is 15.3 Å². The van der Waals surface area contributed by atoms with Gasteiger partial charge in [0.1, 0.15) is 29.5 Å². The standard InChI is InChI=1S/C31H38Cl2N4O7/c1-29(2,3)44-28(40)35-30(4)14-16-36(17-15-30)26-31(5,27(38)39)37(41)24(21-8-7-9-22(32)23(21)33)25(34-26)43-18-19-10-12-20(42-6)13-11-19/h7-13,41H,14-18H2,1-6H3,(H,35,40)(H,38,39). The molecule has 0 bridgehead atoms. The van der Waals surface area contributed by atoms with E-state index in [-0.39, 0.29) is 39.6 Å². The molecule has 2 aromatic rings. The molecule has 11 nitrogen and oxygen atoms in total. The highest BCUT2D eigenvalue weighted by Crippen LogP contribution is 2.41. The van der Waals surface area contributed by atoms with Gasteiger partial charge < -0.3 is 29.5 Å². The number of aliphatic carboxylic acids is 1. The fraction of sp³-hybridized carbons (Fsp3) is 0.452. The van der Waals surface area contributed by atoms with Crippen LogP contribution in [0.3, 0.4) is 0 Å². The maximum atomic E-state index is 12.9. The van der Waals surface area contributed by atoms with Crippen LogP contribution in [0.15, 0.2) is 53.3 Å². The molecule has 0 aromatic heterocycles. The van der Waals surface area contributed by atoms with Crippen molar-refractivity contribution in [3.05, 3.63) is 69.5 Å². The summed E-state index contributed by atoms with van der Waals surface area (Å²) in [6.07, 6.45) is 0.400. The molecular weight excluding hydrogens is 611 g/mol. The number of amidine groups is 1. The van der Waals surface area contributed by atoms with Gasteiger partial charge in [0.15, 0.2) is 0 Å². The molecule has 44 heavy (non-hydrogen) atoms. The number of aliphatic imine (C=N–C) groups is 1. The molecule has 0 radical (unpaired) electrons. The first-order valence-electron chi connectivity index (χ1n) is 14.1. The molecule has 13 heteroatoms. The summed E-state index contributed by atoms with van der Waals surface area (Å²) in [5.74, 6) is -0.641. The van der Waals surface area contributed by atoms with E-state index >= 15 is 0 Å². The molecule has 1 fully saturated rings. The van der Waals surface area contributed by atoms with Crippen LogP contribution in [0.25, 0.3) is 5.70 Å². The van der Waals surface area contributed by atoms with Gasteiger partial charge in [-0.3, -0.25) is 5.21 Å². The van der Waals surface area contributed by atoms with Crippen molar-refractivity contribution >= 4 is 46.8 Å². The second-order valence-electron chi connectivity index (χ2n) is 12.2. The molecule has 1 saturated heterocycles. The number of nitrogens with one attached hydrogen (secondary N) is 1. The van der Waals surface area contributed by atoms with E-state index in [1.165, 1.54) is 6.92 Å². The van der Waals surface area contributed by atoms with Gasteiger partial charge in [-0.25, -0.2) is 14.7 Å². The van der Waals surface area contributed by atoms with E-state index in [1.807, 2.05) is 19.1 Å². The van der Waals surface area contributed by atoms with Crippen molar-refractivity contribution in [1.29, 1.82) is 0 Å². The average molecular weight is 650 g/mol. The molecule has 2 aliphatic heterocycles. The first-order chi connectivity index (χ1) is 20.6. The number of hydroxylamine groups is 2. The Morgan fingerprint density at radius 2 is 1.70 bits per heavy atom. The molecule has 4 rings (SSSR count). The molecule has 238 valence electrons. The third-order valence-electron chi connectivity index (χ3n) is 7.61. The lowest BCUT2D eigenvalue weighted by Crippen LogP contribution is -2.65. The molecule has 3 N–H and O–H groups in total. The molecule has 0 saturated carbocycles. The third-order valence-corrected chi connectivity index (χ3v) is 8.43. The number of hydrogen-bond acceptors (Lipinski definition) is 9. The van der Waals surface area contributed by atoms with Crippen molar-refractivity contribution < 1.29 is 34.1 Å². The van der Waals surface area contributed by atoms with Gasteiger partial charge in [-0.1, -0.05) is 47.5 Å². The zero-order chi connectivity index (χ0) is 32.4. The predicted molar refractivity (Wildman–Crippen MR) is 167 cm³/mol. The topological polar surface area (TPSA) is 133 Å². The van der Waals surface area contributed by atoms with Crippen molar-refractivity contribution in [2.24, 2.45) is 4.99 Å². The number of halogens is 2. The monoisotopic (exact) mass is 648 g/mol. The van der Waals surface area contributed by atoms with Crippen molar-refractivity contribution in [3.63, 3.8) is 0 Å². The summed E-state index contributed by atoms with van der Waals surface area (Å²) in [5, 5.41) is 26.1. The van der Waals surface area contributed by atoms with Gasteiger partial charge in [-0.2, -0.15) is 4.99 Å². The number of carbonyl (C=O) groups excluding carboxylic acids is 1. The summed E-state index contributed by atoms with van der Waals surface area (Å²) in [7, 11) is 1.57. The summed E-state index contributed by atoms with van der Waals surface area (Å²) < 4.78 is 16.8. The van der Waals surface area contributed by atoms with Gasteiger partial charge >= 0.3 is 12.1 Å². The van der Waals surface area contributed by atoms with Crippen LogP contribution in [0.5, 0.6) is 5.75 Å². The van der Waals surface area contributed by atoms with E-state index in [9.17, 15) is 19.9 Å². The van der Waals surface area contributed by atoms with E-state index in [0.717, 1.165) is 5.56 Å². The molecule has 0 spiro atoms. The summed E-state index contributed by atoms with van der Waals surface area (Å²) in [5.41, 5.74) is -2.30. The zero-order valence-corrected chi connectivity index (χ0v) is 27.1. The Bertz CT molecular complexity index is 1460. The molecule has 2 aliphatic rings. The SMILES string of the molecule is COc1ccc(COC2=C(c3cccc(Cl)c3Cl)N(O)C(C)(C(=O)O)C(N3CCC(C)(NC(=O)OC(C)(C)C)CC3)=N2)cc1. The Hall–Kier alpha value is -3.67. The van der Waals surface area contributed by atoms with Gasteiger partial charge in [0.05, 0.1) is 17.2 Å². The van der Waals surface area contributed by atoms with Gasteiger partial charge in [-0.05, 0) is 71.2 Å². The molecule has 0 aliphatic carbocycles. The van der Waals surface area contributed by atoms with E-state index in [0.29, 0.717) is 36.7 Å². The number of benzene rings is 2. The number of carboxylic acid groups (broad SMARTS) is 1. The first-order valence-corrected chi connectivity index (χ1v) is 14.9. The largest absolute Gasteiger partial charge is 0.497 e. The second-order valence-corrected chi connectivity index (χ2v) is 13.0. The van der Waals surface area contributed by atoms with Crippen LogP contribution in [0.4, 0.5) is 4.79 Å². The number of carbonyl (C=O) groups is 2. The number of carboxylic acids is 1. The van der Waals surface area contributed by atoms with Crippen LogP contribution in [0, 0.1) is 0 Å². The van der Waals surface area contributed by atoms with Crippen LogP contribution in [-0.4, -0.2) is 75.1 Å². The molecule has 1 unspecified atom stereocenters. The number of piperidine rings is 1. The van der Waals surface area contributed by atoms with Crippen LogP contribution in [0.1, 0.15) is 58.6 Å². The number of rotatable bonds is 7. The lowest BCUT2D eigenvalue weighted by Gasteiger charge is -2.47. The molecule has 2 aromatic carbocycles. The molecule has 2 heterocycles. The first kappa shape index (κ1) is 33.2. The molecule has 1 amide bonds. The second kappa shape index (κ2) is 12.7. The minimum Gasteiger partial charge on any atom is -0.497 e. The quantitative estimate of drug-likeness (QED) is 0.322. The Kier molecular flexibility index (Phi) is 9.63. The fourth-order valence-corrected chi connectivity index (χ4v) is 5.40. The maximum Gasteiger partial charge on any atom is 0.408 e. The Labute approximate surface area is 266 Å². The number of amides is 1. The van der Waals surface area contributed by atoms with Crippen LogP contribution in [-0.2, 0) is 20.9 Å². The van der Waals surface area contributed by atoms with E-state index in [1.54, 1.807) is 63.1 Å². The number of methoxy groups -OCH3 is 1. The van der Waals surface area contributed by atoms with E-state index in [2.05, 4.69) is 5.32 Å². The van der Waals surface area contributed by atoms with Gasteiger partial charge in [0, 0.05) is 24.2 Å². The summed E-state index contributed by atoms with van der Waals surface area (Å²) in [6.45, 7) is 9.36. The van der Waals surface area contributed by atoms with E-state index < -0.39 is 28.7 Å². The molecular formula is C31H38Cl2N4O7. The number of nitrogens with zero attached hydrogens (tertiary/aromatic N) is 3. The van der Waals surface area contributed by atoms with Gasteiger partial charge in [0.2, 0.25) is 11.4 Å². The van der Waals surface area contributed by atoms with Gasteiger partial charge in [0.25, 0.3) is 0 Å². The van der Waals surface area contributed by atoms with Crippen molar-refractivity contribution in [2.45, 2.75) is 70.7 Å². The number of likely N-dealkylation sites (tertiary alicyclic amines) is 1. The maximum absolute atomic E-state index is 12.9. The Balaban J connectivity index is 1.72. The predicted octanol–water partition coefficient (Wildman–Crippen LogP) is 6.17. The van der Waals surface area contributed by atoms with Crippen LogP contribution >= 0.6 is 23.2 Å². The van der Waals surface area contributed by atoms with Crippen LogP contribution < -0.4 is 10.1 Å². The highest BCUT2D eigenvalue weighted by atomic mass is 35.5. The number of alkyl carbamates (subject to hydrolysis) is 1. The van der Waals surface area contributed by atoms with Crippen molar-refractivity contribution in [3.8, 4) is 5.75 Å². The summed E-state index contributed by atoms with van der Waals surface area (Å²) in [4.78, 5) is 31.9.